The summed E-state index contributed by atoms with van der Waals surface area (Å²) in [6.45, 7) is 4.37. The average Bonchev–Trinajstić information content (AvgIpc) is 3.32. The average molecular weight is 461 g/mol. The van der Waals surface area contributed by atoms with Crippen LogP contribution in [0, 0.1) is 30.6 Å². The smallest absolute Gasteiger partial charge is 0.316 e. The van der Waals surface area contributed by atoms with Crippen molar-refractivity contribution in [2.75, 3.05) is 16.3 Å². The van der Waals surface area contributed by atoms with Crippen LogP contribution in [-0.2, 0) is 19.2 Å². The van der Waals surface area contributed by atoms with Crippen molar-refractivity contribution in [1.29, 1.82) is 0 Å². The number of anilines is 2. The van der Waals surface area contributed by atoms with Crippen molar-refractivity contribution in [3.05, 3.63) is 54.1 Å². The van der Waals surface area contributed by atoms with Crippen LogP contribution in [0.4, 0.5) is 11.4 Å². The molecule has 5 rings (SSSR count). The molecule has 0 aromatic heterocycles. The van der Waals surface area contributed by atoms with Crippen molar-refractivity contribution in [2.24, 2.45) is 23.7 Å². The number of aryl methyl sites for hydroxylation is 1. The van der Waals surface area contributed by atoms with Crippen LogP contribution in [0.5, 0.6) is 5.75 Å². The number of benzene rings is 2. The maximum absolute atomic E-state index is 12.9. The Hall–Kier alpha value is -3.48. The maximum atomic E-state index is 12.9. The van der Waals surface area contributed by atoms with E-state index in [1.165, 1.54) is 4.90 Å². The van der Waals surface area contributed by atoms with E-state index in [9.17, 15) is 19.2 Å². The zero-order valence-corrected chi connectivity index (χ0v) is 19.4. The molecule has 0 unspecified atom stereocenters. The lowest BCUT2D eigenvalue weighted by Crippen LogP contribution is -2.30. The lowest BCUT2D eigenvalue weighted by molar-refractivity contribution is -0.139. The van der Waals surface area contributed by atoms with E-state index >= 15 is 0 Å². The number of hydrogen-bond donors (Lipinski definition) is 0. The van der Waals surface area contributed by atoms with E-state index in [0.717, 1.165) is 30.5 Å². The predicted octanol–water partition coefficient (Wildman–Crippen LogP) is 3.88. The third-order valence-electron chi connectivity index (χ3n) is 7.31. The van der Waals surface area contributed by atoms with Crippen molar-refractivity contribution in [1.82, 2.24) is 0 Å². The fourth-order valence-corrected chi connectivity index (χ4v) is 5.35. The molecule has 34 heavy (non-hydrogen) atoms. The van der Waals surface area contributed by atoms with Gasteiger partial charge in [0.2, 0.25) is 17.7 Å². The summed E-state index contributed by atoms with van der Waals surface area (Å²) in [5.74, 6) is -1.08. The highest BCUT2D eigenvalue weighted by Crippen LogP contribution is 2.42. The number of nitrogens with zero attached hydrogens (tertiary/aromatic N) is 2. The van der Waals surface area contributed by atoms with Gasteiger partial charge in [-0.25, -0.2) is 0 Å². The van der Waals surface area contributed by atoms with E-state index in [0.29, 0.717) is 17.4 Å². The van der Waals surface area contributed by atoms with Gasteiger partial charge in [0.25, 0.3) is 0 Å². The molecule has 0 bridgehead atoms. The fourth-order valence-electron chi connectivity index (χ4n) is 5.35. The number of carbonyl (C=O) groups excluding carboxylic acids is 4. The van der Waals surface area contributed by atoms with Crippen molar-refractivity contribution in [3.63, 3.8) is 0 Å². The second-order valence-electron chi connectivity index (χ2n) is 9.80. The molecule has 3 amide bonds. The van der Waals surface area contributed by atoms with Crippen LogP contribution in [-0.4, -0.2) is 30.2 Å². The highest BCUT2D eigenvalue weighted by molar-refractivity contribution is 6.22. The number of hydrogen-bond acceptors (Lipinski definition) is 5. The molecule has 4 atom stereocenters. The molecular weight excluding hydrogens is 432 g/mol. The first-order chi connectivity index (χ1) is 16.3. The van der Waals surface area contributed by atoms with Gasteiger partial charge < -0.3 is 9.64 Å². The van der Waals surface area contributed by atoms with E-state index in [1.54, 1.807) is 29.2 Å². The van der Waals surface area contributed by atoms with E-state index in [1.807, 2.05) is 31.2 Å². The summed E-state index contributed by atoms with van der Waals surface area (Å²) in [4.78, 5) is 53.9. The van der Waals surface area contributed by atoms with Gasteiger partial charge in [-0.05, 0) is 68.5 Å². The number of amides is 3. The molecule has 7 nitrogen and oxygen atoms in total. The summed E-state index contributed by atoms with van der Waals surface area (Å²) < 4.78 is 5.52. The zero-order chi connectivity index (χ0) is 24.0. The van der Waals surface area contributed by atoms with E-state index in [2.05, 4.69) is 6.92 Å². The monoisotopic (exact) mass is 460 g/mol. The van der Waals surface area contributed by atoms with Crippen LogP contribution < -0.4 is 14.5 Å². The Morgan fingerprint density at radius 3 is 2.24 bits per heavy atom. The third kappa shape index (κ3) is 4.00. The second-order valence-corrected chi connectivity index (χ2v) is 9.80. The molecule has 0 N–H and O–H groups in total. The summed E-state index contributed by atoms with van der Waals surface area (Å²) in [6, 6.07) is 14.1. The highest BCUT2D eigenvalue weighted by Gasteiger charge is 2.50. The quantitative estimate of drug-likeness (QED) is 0.393. The summed E-state index contributed by atoms with van der Waals surface area (Å²) in [7, 11) is 0. The first-order valence-corrected chi connectivity index (χ1v) is 11.9. The molecule has 2 aromatic rings. The minimum absolute atomic E-state index is 0.1000. The summed E-state index contributed by atoms with van der Waals surface area (Å²) in [5, 5.41) is 0. The van der Waals surface area contributed by atoms with Crippen LogP contribution in [0.25, 0.3) is 0 Å². The lowest BCUT2D eigenvalue weighted by atomic mass is 9.76. The van der Waals surface area contributed by atoms with E-state index in [-0.39, 0.29) is 42.5 Å². The van der Waals surface area contributed by atoms with Gasteiger partial charge in [0, 0.05) is 18.7 Å². The SMILES string of the molecule is Cc1ccc(N2C[C@@H](C(=O)Oc3ccc(N4C(=O)[C@H]5CC[C@@H](C)C[C@@H]5C4=O)cc3)CC2=O)cc1. The molecular formula is C27H28N2O5. The summed E-state index contributed by atoms with van der Waals surface area (Å²) in [5.41, 5.74) is 2.36. The summed E-state index contributed by atoms with van der Waals surface area (Å²) in [6.07, 6.45) is 2.57. The standard InChI is InChI=1S/C27H28N2O5/c1-16-3-6-19(7-4-16)28-15-18(14-24(28)30)27(33)34-21-10-8-20(9-11-21)29-25(31)22-12-5-17(2)13-23(22)26(29)32/h3-4,6-11,17-18,22-23H,5,12-15H2,1-2H3/t17-,18+,22+,23+/m1/s1. The predicted molar refractivity (Wildman–Crippen MR) is 126 cm³/mol. The molecule has 3 aliphatic rings. The largest absolute Gasteiger partial charge is 0.426 e. The Balaban J connectivity index is 1.24. The molecule has 7 heteroatoms. The Kier molecular flexibility index (Phi) is 5.71. The molecule has 176 valence electrons. The number of rotatable bonds is 4. The van der Waals surface area contributed by atoms with E-state index < -0.39 is 11.9 Å². The van der Waals surface area contributed by atoms with Crippen LogP contribution in [0.3, 0.4) is 0 Å². The first-order valence-electron chi connectivity index (χ1n) is 11.9. The highest BCUT2D eigenvalue weighted by atomic mass is 16.5. The molecule has 0 radical (unpaired) electrons. The molecule has 1 aliphatic carbocycles. The normalized spacial score (nSPS) is 26.7. The molecule has 2 heterocycles. The van der Waals surface area contributed by atoms with Crippen molar-refractivity contribution in [3.8, 4) is 5.75 Å². The van der Waals surface area contributed by atoms with E-state index in [4.69, 9.17) is 4.74 Å². The van der Waals surface area contributed by atoms with Gasteiger partial charge in [-0.15, -0.1) is 0 Å². The zero-order valence-electron chi connectivity index (χ0n) is 19.4. The third-order valence-corrected chi connectivity index (χ3v) is 7.31. The van der Waals surface area contributed by atoms with Gasteiger partial charge in [-0.3, -0.25) is 24.1 Å². The van der Waals surface area contributed by atoms with Crippen LogP contribution in [0.1, 0.15) is 38.2 Å². The maximum Gasteiger partial charge on any atom is 0.316 e. The van der Waals surface area contributed by atoms with Crippen molar-refractivity contribution >= 4 is 35.1 Å². The molecule has 2 aromatic carbocycles. The van der Waals surface area contributed by atoms with Gasteiger partial charge in [-0.2, -0.15) is 0 Å². The topological polar surface area (TPSA) is 84.0 Å². The van der Waals surface area contributed by atoms with Gasteiger partial charge >= 0.3 is 5.97 Å². The van der Waals surface area contributed by atoms with Crippen molar-refractivity contribution in [2.45, 2.75) is 39.5 Å². The van der Waals surface area contributed by atoms with Crippen LogP contribution in [0.2, 0.25) is 0 Å². The van der Waals surface area contributed by atoms with Gasteiger partial charge in [0.1, 0.15) is 5.75 Å². The molecule has 2 saturated heterocycles. The Labute approximate surface area is 198 Å². The Bertz CT molecular complexity index is 1140. The molecule has 0 spiro atoms. The van der Waals surface area contributed by atoms with Crippen LogP contribution in [0.15, 0.2) is 48.5 Å². The van der Waals surface area contributed by atoms with Gasteiger partial charge in [-0.1, -0.05) is 24.6 Å². The Morgan fingerprint density at radius 1 is 0.882 bits per heavy atom. The van der Waals surface area contributed by atoms with Crippen LogP contribution >= 0.6 is 0 Å². The van der Waals surface area contributed by atoms with Crippen molar-refractivity contribution < 1.29 is 23.9 Å². The molecule has 3 fully saturated rings. The number of imide groups is 1. The molecule has 2 aliphatic heterocycles. The number of carbonyl (C=O) groups is 4. The fraction of sp³-hybridized carbons (Fsp3) is 0.407. The first kappa shape index (κ1) is 22.3. The minimum atomic E-state index is -0.555. The second kappa shape index (κ2) is 8.70. The summed E-state index contributed by atoms with van der Waals surface area (Å²) >= 11 is 0. The molecule has 1 saturated carbocycles. The Morgan fingerprint density at radius 2 is 1.53 bits per heavy atom. The number of esters is 1. The van der Waals surface area contributed by atoms with Gasteiger partial charge in [0.05, 0.1) is 23.4 Å². The minimum Gasteiger partial charge on any atom is -0.426 e. The lowest BCUT2D eigenvalue weighted by Gasteiger charge is -2.25. The number of fused-ring (bicyclic) bond motifs is 1. The van der Waals surface area contributed by atoms with Gasteiger partial charge in [0.15, 0.2) is 0 Å². The number of ether oxygens (including phenoxy) is 1.